The SMILES string of the molecule is CCC1CNC(CC)(CC)CN1C1CCCC1SC. The van der Waals surface area contributed by atoms with Gasteiger partial charge in [0, 0.05) is 36.0 Å². The lowest BCUT2D eigenvalue weighted by atomic mass is 9.87. The maximum absolute atomic E-state index is 3.87. The van der Waals surface area contributed by atoms with Crippen LogP contribution in [0.3, 0.4) is 0 Å². The Hall–Kier alpha value is 0.270. The molecule has 0 bridgehead atoms. The van der Waals surface area contributed by atoms with Crippen molar-refractivity contribution >= 4 is 11.8 Å². The van der Waals surface area contributed by atoms with Crippen LogP contribution in [0.4, 0.5) is 0 Å². The minimum absolute atomic E-state index is 0.372. The van der Waals surface area contributed by atoms with Crippen LogP contribution >= 0.6 is 11.8 Å². The van der Waals surface area contributed by atoms with Crippen LogP contribution in [0, 0.1) is 0 Å². The summed E-state index contributed by atoms with van der Waals surface area (Å²) in [6.07, 6.45) is 10.4. The van der Waals surface area contributed by atoms with Crippen LogP contribution in [0.15, 0.2) is 0 Å². The number of hydrogen-bond acceptors (Lipinski definition) is 3. The maximum atomic E-state index is 3.87. The number of rotatable bonds is 5. The monoisotopic (exact) mass is 284 g/mol. The number of thioether (sulfide) groups is 1. The van der Waals surface area contributed by atoms with E-state index in [9.17, 15) is 0 Å². The summed E-state index contributed by atoms with van der Waals surface area (Å²) >= 11 is 2.10. The van der Waals surface area contributed by atoms with E-state index in [2.05, 4.69) is 49.0 Å². The predicted molar refractivity (Wildman–Crippen MR) is 87.0 cm³/mol. The molecule has 2 fully saturated rings. The molecule has 0 radical (unpaired) electrons. The molecule has 3 heteroatoms. The molecule has 1 N–H and O–H groups in total. The van der Waals surface area contributed by atoms with E-state index < -0.39 is 0 Å². The zero-order chi connectivity index (χ0) is 13.9. The van der Waals surface area contributed by atoms with Gasteiger partial charge < -0.3 is 5.32 Å². The standard InChI is InChI=1S/C16H32N2S/c1-5-13-11-17-16(6-2,7-3)12-18(13)14-9-8-10-15(14)19-4/h13-15,17H,5-12H2,1-4H3. The topological polar surface area (TPSA) is 15.3 Å². The van der Waals surface area contributed by atoms with Crippen molar-refractivity contribution < 1.29 is 0 Å². The van der Waals surface area contributed by atoms with Gasteiger partial charge in [0.1, 0.15) is 0 Å². The minimum atomic E-state index is 0.372. The van der Waals surface area contributed by atoms with E-state index >= 15 is 0 Å². The highest BCUT2D eigenvalue weighted by Gasteiger charge is 2.42. The Bertz CT molecular complexity index is 278. The smallest absolute Gasteiger partial charge is 0.0304 e. The summed E-state index contributed by atoms with van der Waals surface area (Å²) in [5, 5.41) is 4.74. The molecule has 1 heterocycles. The number of piperazine rings is 1. The van der Waals surface area contributed by atoms with Crippen LogP contribution in [0.1, 0.15) is 59.3 Å². The lowest BCUT2D eigenvalue weighted by molar-refractivity contribution is 0.0384. The van der Waals surface area contributed by atoms with Crippen LogP contribution in [0.2, 0.25) is 0 Å². The van der Waals surface area contributed by atoms with Gasteiger partial charge in [-0.15, -0.1) is 0 Å². The first-order valence-corrected chi connectivity index (χ1v) is 9.52. The van der Waals surface area contributed by atoms with Gasteiger partial charge in [0.2, 0.25) is 0 Å². The molecule has 1 saturated carbocycles. The minimum Gasteiger partial charge on any atom is -0.308 e. The molecule has 0 aromatic rings. The van der Waals surface area contributed by atoms with E-state index in [-0.39, 0.29) is 0 Å². The summed E-state index contributed by atoms with van der Waals surface area (Å²) in [6, 6.07) is 1.59. The predicted octanol–water partition coefficient (Wildman–Crippen LogP) is 3.51. The Labute approximate surface area is 124 Å². The normalized spacial score (nSPS) is 35.7. The van der Waals surface area contributed by atoms with E-state index in [0.717, 1.165) is 17.3 Å². The van der Waals surface area contributed by atoms with Crippen molar-refractivity contribution in [3.05, 3.63) is 0 Å². The molecule has 2 nitrogen and oxygen atoms in total. The third kappa shape index (κ3) is 3.14. The van der Waals surface area contributed by atoms with Gasteiger partial charge in [0.15, 0.2) is 0 Å². The highest BCUT2D eigenvalue weighted by atomic mass is 32.2. The van der Waals surface area contributed by atoms with Gasteiger partial charge in [-0.05, 0) is 38.4 Å². The molecule has 0 spiro atoms. The van der Waals surface area contributed by atoms with E-state index in [4.69, 9.17) is 0 Å². The lowest BCUT2D eigenvalue weighted by Gasteiger charge is -2.50. The van der Waals surface area contributed by atoms with Crippen molar-refractivity contribution in [2.75, 3.05) is 19.3 Å². The van der Waals surface area contributed by atoms with Crippen molar-refractivity contribution in [3.8, 4) is 0 Å². The van der Waals surface area contributed by atoms with Crippen LogP contribution < -0.4 is 5.32 Å². The molecule has 0 amide bonds. The molecule has 1 saturated heterocycles. The second-order valence-electron chi connectivity index (χ2n) is 6.38. The Morgan fingerprint density at radius 1 is 1.21 bits per heavy atom. The molecular formula is C16H32N2S. The summed E-state index contributed by atoms with van der Waals surface area (Å²) < 4.78 is 0. The highest BCUT2D eigenvalue weighted by Crippen LogP contribution is 2.36. The summed E-state index contributed by atoms with van der Waals surface area (Å²) in [5.74, 6) is 0. The van der Waals surface area contributed by atoms with Gasteiger partial charge in [-0.2, -0.15) is 11.8 Å². The molecule has 2 aliphatic rings. The van der Waals surface area contributed by atoms with Crippen LogP contribution in [-0.2, 0) is 0 Å². The van der Waals surface area contributed by atoms with Gasteiger partial charge in [-0.3, -0.25) is 4.90 Å². The first-order valence-electron chi connectivity index (χ1n) is 8.23. The molecule has 3 atom stereocenters. The molecular weight excluding hydrogens is 252 g/mol. The second-order valence-corrected chi connectivity index (χ2v) is 7.45. The largest absolute Gasteiger partial charge is 0.308 e. The van der Waals surface area contributed by atoms with Crippen molar-refractivity contribution in [1.29, 1.82) is 0 Å². The van der Waals surface area contributed by atoms with Crippen LogP contribution in [0.25, 0.3) is 0 Å². The van der Waals surface area contributed by atoms with Gasteiger partial charge >= 0.3 is 0 Å². The molecule has 0 aromatic carbocycles. The van der Waals surface area contributed by atoms with E-state index in [1.54, 1.807) is 0 Å². The lowest BCUT2D eigenvalue weighted by Crippen LogP contribution is -2.66. The summed E-state index contributed by atoms with van der Waals surface area (Å²) in [7, 11) is 0. The zero-order valence-corrected chi connectivity index (χ0v) is 14.1. The van der Waals surface area contributed by atoms with Crippen LogP contribution in [-0.4, -0.2) is 47.1 Å². The fourth-order valence-electron chi connectivity index (χ4n) is 4.04. The van der Waals surface area contributed by atoms with Gasteiger partial charge in [0.05, 0.1) is 0 Å². The summed E-state index contributed by atoms with van der Waals surface area (Å²) in [4.78, 5) is 2.89. The van der Waals surface area contributed by atoms with Crippen molar-refractivity contribution in [1.82, 2.24) is 10.2 Å². The molecule has 0 aromatic heterocycles. The average molecular weight is 285 g/mol. The molecule has 1 aliphatic heterocycles. The molecule has 3 unspecified atom stereocenters. The third-order valence-electron chi connectivity index (χ3n) is 5.64. The van der Waals surface area contributed by atoms with Gasteiger partial charge in [0.25, 0.3) is 0 Å². The summed E-state index contributed by atoms with van der Waals surface area (Å²) in [6.45, 7) is 9.51. The second kappa shape index (κ2) is 6.82. The fraction of sp³-hybridized carbons (Fsp3) is 1.00. The number of nitrogens with one attached hydrogen (secondary N) is 1. The maximum Gasteiger partial charge on any atom is 0.0304 e. The molecule has 112 valence electrons. The summed E-state index contributed by atoms with van der Waals surface area (Å²) in [5.41, 5.74) is 0.372. The van der Waals surface area contributed by atoms with Crippen molar-refractivity contribution in [2.24, 2.45) is 0 Å². The Kier molecular flexibility index (Phi) is 5.62. The van der Waals surface area contributed by atoms with E-state index in [0.29, 0.717) is 5.54 Å². The van der Waals surface area contributed by atoms with E-state index in [1.165, 1.54) is 51.6 Å². The van der Waals surface area contributed by atoms with Gasteiger partial charge in [-0.25, -0.2) is 0 Å². The van der Waals surface area contributed by atoms with Crippen molar-refractivity contribution in [2.45, 2.75) is 82.2 Å². The number of hydrogen-bond donors (Lipinski definition) is 1. The van der Waals surface area contributed by atoms with Crippen LogP contribution in [0.5, 0.6) is 0 Å². The molecule has 19 heavy (non-hydrogen) atoms. The number of nitrogens with zero attached hydrogens (tertiary/aromatic N) is 1. The highest BCUT2D eigenvalue weighted by molar-refractivity contribution is 7.99. The Morgan fingerprint density at radius 3 is 2.53 bits per heavy atom. The zero-order valence-electron chi connectivity index (χ0n) is 13.2. The first kappa shape index (κ1) is 15.7. The average Bonchev–Trinajstić information content (AvgIpc) is 2.94. The quantitative estimate of drug-likeness (QED) is 0.831. The van der Waals surface area contributed by atoms with Crippen molar-refractivity contribution in [3.63, 3.8) is 0 Å². The molecule has 2 rings (SSSR count). The third-order valence-corrected chi connectivity index (χ3v) is 6.79. The Balaban J connectivity index is 2.13. The first-order chi connectivity index (χ1) is 9.19. The molecule has 1 aliphatic carbocycles. The Morgan fingerprint density at radius 2 is 1.95 bits per heavy atom. The fourth-order valence-corrected chi connectivity index (χ4v) is 5.05. The van der Waals surface area contributed by atoms with E-state index in [1.807, 2.05) is 0 Å². The van der Waals surface area contributed by atoms with Gasteiger partial charge in [-0.1, -0.05) is 27.2 Å².